The highest BCUT2D eigenvalue weighted by molar-refractivity contribution is 5.79. The highest BCUT2D eigenvalue weighted by Gasteiger charge is 2.65. The van der Waals surface area contributed by atoms with Gasteiger partial charge in [-0.1, -0.05) is 0 Å². The van der Waals surface area contributed by atoms with Crippen LogP contribution in [0, 0.1) is 29.6 Å². The van der Waals surface area contributed by atoms with Crippen molar-refractivity contribution in [2.24, 2.45) is 29.6 Å². The van der Waals surface area contributed by atoms with Gasteiger partial charge in [0.15, 0.2) is 0 Å². The Bertz CT molecular complexity index is 321. The number of fused-ring (bicyclic) bond motifs is 5. The molecule has 5 unspecified atom stereocenters. The third-order valence-electron chi connectivity index (χ3n) is 5.71. The van der Waals surface area contributed by atoms with E-state index in [-0.39, 0.29) is 5.92 Å². The lowest BCUT2D eigenvalue weighted by Gasteiger charge is -2.22. The first-order valence-corrected chi connectivity index (χ1v) is 7.35. The summed E-state index contributed by atoms with van der Waals surface area (Å²) >= 11 is 0. The Morgan fingerprint density at radius 1 is 1.12 bits per heavy atom. The van der Waals surface area contributed by atoms with E-state index >= 15 is 0 Å². The molecule has 2 bridgehead atoms. The smallest absolute Gasteiger partial charge is 0.224 e. The lowest BCUT2D eigenvalue weighted by atomic mass is 9.98. The van der Waals surface area contributed by atoms with Gasteiger partial charge in [-0.15, -0.1) is 0 Å². The fraction of sp³-hybridized carbons (Fsp3) is 0.929. The second-order valence-electron chi connectivity index (χ2n) is 6.57. The number of nitrogens with one attached hydrogen (secondary N) is 2. The maximum atomic E-state index is 12.2. The molecule has 94 valence electrons. The Morgan fingerprint density at radius 3 is 2.53 bits per heavy atom. The van der Waals surface area contributed by atoms with Crippen molar-refractivity contribution in [3.05, 3.63) is 0 Å². The van der Waals surface area contributed by atoms with Gasteiger partial charge in [-0.3, -0.25) is 4.79 Å². The Balaban J connectivity index is 1.35. The Labute approximate surface area is 103 Å². The summed E-state index contributed by atoms with van der Waals surface area (Å²) in [6.07, 6.45) is 6.56. The van der Waals surface area contributed by atoms with Crippen molar-refractivity contribution in [1.29, 1.82) is 0 Å². The first-order valence-electron chi connectivity index (χ1n) is 7.35. The lowest BCUT2D eigenvalue weighted by molar-refractivity contribution is -0.125. The molecule has 0 spiro atoms. The zero-order valence-corrected chi connectivity index (χ0v) is 10.3. The maximum absolute atomic E-state index is 12.2. The molecular formula is C14H22N2O. The molecule has 0 radical (unpaired) electrons. The van der Waals surface area contributed by atoms with Crippen molar-refractivity contribution in [3.8, 4) is 0 Å². The summed E-state index contributed by atoms with van der Waals surface area (Å²) in [5.41, 5.74) is 0. The minimum absolute atomic E-state index is 0.239. The van der Waals surface area contributed by atoms with Crippen LogP contribution in [0.2, 0.25) is 0 Å². The fourth-order valence-electron chi connectivity index (χ4n) is 4.88. The topological polar surface area (TPSA) is 41.1 Å². The molecule has 1 heterocycles. The lowest BCUT2D eigenvalue weighted by Crippen LogP contribution is -2.42. The maximum Gasteiger partial charge on any atom is 0.224 e. The van der Waals surface area contributed by atoms with E-state index < -0.39 is 0 Å². The van der Waals surface area contributed by atoms with Gasteiger partial charge in [0, 0.05) is 12.6 Å². The van der Waals surface area contributed by atoms with Crippen molar-refractivity contribution >= 4 is 5.91 Å². The van der Waals surface area contributed by atoms with Crippen LogP contribution in [0.25, 0.3) is 0 Å². The molecule has 4 aliphatic rings. The highest BCUT2D eigenvalue weighted by atomic mass is 16.2. The van der Waals surface area contributed by atoms with Crippen LogP contribution >= 0.6 is 0 Å². The van der Waals surface area contributed by atoms with E-state index in [9.17, 15) is 4.79 Å². The number of rotatable bonds is 2. The highest BCUT2D eigenvalue weighted by Crippen LogP contribution is 2.65. The third kappa shape index (κ3) is 1.55. The van der Waals surface area contributed by atoms with Gasteiger partial charge in [-0.05, 0) is 62.3 Å². The summed E-state index contributed by atoms with van der Waals surface area (Å²) in [7, 11) is 0. The van der Waals surface area contributed by atoms with Crippen LogP contribution in [0.5, 0.6) is 0 Å². The second kappa shape index (κ2) is 3.71. The van der Waals surface area contributed by atoms with Crippen LogP contribution in [0.3, 0.4) is 0 Å². The Morgan fingerprint density at radius 2 is 1.88 bits per heavy atom. The quantitative estimate of drug-likeness (QED) is 0.752. The summed E-state index contributed by atoms with van der Waals surface area (Å²) in [6, 6.07) is 0.565. The first-order chi connectivity index (χ1) is 8.34. The minimum Gasteiger partial charge on any atom is -0.352 e. The van der Waals surface area contributed by atoms with Crippen molar-refractivity contribution in [2.75, 3.05) is 13.1 Å². The van der Waals surface area contributed by atoms with E-state index in [1.54, 1.807) is 0 Å². The van der Waals surface area contributed by atoms with E-state index in [2.05, 4.69) is 10.6 Å². The Kier molecular flexibility index (Phi) is 2.26. The average Bonchev–Trinajstić information content (AvgIpc) is 2.76. The van der Waals surface area contributed by atoms with Gasteiger partial charge >= 0.3 is 0 Å². The van der Waals surface area contributed by atoms with Crippen molar-refractivity contribution in [1.82, 2.24) is 10.6 Å². The molecule has 3 heteroatoms. The number of carbonyl (C=O) groups is 1. The predicted molar refractivity (Wildman–Crippen MR) is 65.3 cm³/mol. The molecule has 4 rings (SSSR count). The summed E-state index contributed by atoms with van der Waals surface area (Å²) in [5, 5.41) is 6.68. The molecule has 1 saturated heterocycles. The van der Waals surface area contributed by atoms with Gasteiger partial charge in [-0.2, -0.15) is 0 Å². The van der Waals surface area contributed by atoms with Gasteiger partial charge in [-0.25, -0.2) is 0 Å². The molecule has 3 aliphatic carbocycles. The zero-order chi connectivity index (χ0) is 11.4. The summed E-state index contributed by atoms with van der Waals surface area (Å²) in [5.74, 6) is 4.22. The summed E-state index contributed by atoms with van der Waals surface area (Å²) in [6.45, 7) is 1.98. The molecule has 0 aromatic carbocycles. The molecule has 2 N–H and O–H groups in total. The molecule has 1 amide bonds. The SMILES string of the molecule is O=C(NC1C2C3CCC(C3)C12)C1CCCNC1. The normalized spacial score (nSPS) is 51.1. The molecule has 17 heavy (non-hydrogen) atoms. The van der Waals surface area contributed by atoms with Gasteiger partial charge in [0.1, 0.15) is 0 Å². The van der Waals surface area contributed by atoms with Crippen molar-refractivity contribution < 1.29 is 4.79 Å². The number of hydrogen-bond acceptors (Lipinski definition) is 2. The monoisotopic (exact) mass is 234 g/mol. The summed E-state index contributed by atoms with van der Waals surface area (Å²) in [4.78, 5) is 12.2. The van der Waals surface area contributed by atoms with Crippen LogP contribution in [0.4, 0.5) is 0 Å². The first kappa shape index (κ1) is 10.4. The van der Waals surface area contributed by atoms with E-state index in [4.69, 9.17) is 0 Å². The molecule has 0 aromatic heterocycles. The Hall–Kier alpha value is -0.570. The molecule has 0 aromatic rings. The number of piperidine rings is 1. The van der Waals surface area contributed by atoms with Crippen LogP contribution in [0.1, 0.15) is 32.1 Å². The largest absolute Gasteiger partial charge is 0.352 e. The molecule has 5 atom stereocenters. The number of hydrogen-bond donors (Lipinski definition) is 2. The average molecular weight is 234 g/mol. The van der Waals surface area contributed by atoms with Crippen LogP contribution in [-0.4, -0.2) is 25.0 Å². The molecule has 4 fully saturated rings. The predicted octanol–water partition coefficient (Wildman–Crippen LogP) is 1.15. The zero-order valence-electron chi connectivity index (χ0n) is 10.3. The molecule has 3 saturated carbocycles. The van der Waals surface area contributed by atoms with Crippen LogP contribution in [0.15, 0.2) is 0 Å². The molecular weight excluding hydrogens is 212 g/mol. The molecule has 1 aliphatic heterocycles. The van der Waals surface area contributed by atoms with E-state index in [0.29, 0.717) is 11.9 Å². The standard InChI is InChI=1S/C14H22N2O/c17-14(10-2-1-5-15-7-10)16-13-11-8-3-4-9(6-8)12(11)13/h8-13,15H,1-7H2,(H,16,17). The van der Waals surface area contributed by atoms with Gasteiger partial charge < -0.3 is 10.6 Å². The van der Waals surface area contributed by atoms with Crippen LogP contribution in [-0.2, 0) is 4.79 Å². The van der Waals surface area contributed by atoms with E-state index in [0.717, 1.165) is 49.6 Å². The molecule has 3 nitrogen and oxygen atoms in total. The van der Waals surface area contributed by atoms with E-state index in [1.807, 2.05) is 0 Å². The van der Waals surface area contributed by atoms with Gasteiger partial charge in [0.25, 0.3) is 0 Å². The van der Waals surface area contributed by atoms with Crippen molar-refractivity contribution in [3.63, 3.8) is 0 Å². The fourth-order valence-corrected chi connectivity index (χ4v) is 4.88. The van der Waals surface area contributed by atoms with Crippen LogP contribution < -0.4 is 10.6 Å². The summed E-state index contributed by atoms with van der Waals surface area (Å²) < 4.78 is 0. The third-order valence-corrected chi connectivity index (χ3v) is 5.71. The minimum atomic E-state index is 0.239. The van der Waals surface area contributed by atoms with E-state index in [1.165, 1.54) is 19.3 Å². The number of carbonyl (C=O) groups excluding carboxylic acids is 1. The second-order valence-corrected chi connectivity index (χ2v) is 6.57. The van der Waals surface area contributed by atoms with Gasteiger partial charge in [0.2, 0.25) is 5.91 Å². The van der Waals surface area contributed by atoms with Crippen molar-refractivity contribution in [2.45, 2.75) is 38.1 Å². The van der Waals surface area contributed by atoms with Gasteiger partial charge in [0.05, 0.1) is 5.92 Å². The number of amides is 1.